The van der Waals surface area contributed by atoms with Crippen molar-refractivity contribution in [1.82, 2.24) is 4.31 Å². The highest BCUT2D eigenvalue weighted by atomic mass is 35.5. The van der Waals surface area contributed by atoms with Crippen LogP contribution in [0, 0.1) is 0 Å². The molecule has 1 saturated carbocycles. The average Bonchev–Trinajstić information content (AvgIpc) is 3.08. The van der Waals surface area contributed by atoms with Gasteiger partial charge in [0.2, 0.25) is 15.9 Å². The molecule has 7 heteroatoms. The van der Waals surface area contributed by atoms with Gasteiger partial charge >= 0.3 is 0 Å². The first-order valence-electron chi connectivity index (χ1n) is 5.88. The summed E-state index contributed by atoms with van der Waals surface area (Å²) in [5, 5.41) is 3.15. The number of nitrogens with zero attached hydrogens (tertiary/aromatic N) is 1. The van der Waals surface area contributed by atoms with Crippen LogP contribution in [0.1, 0.15) is 12.8 Å². The highest BCUT2D eigenvalue weighted by Gasteiger charge is 2.36. The monoisotopic (exact) mass is 302 g/mol. The summed E-state index contributed by atoms with van der Waals surface area (Å²) in [6.45, 7) is -0.157. The molecule has 19 heavy (non-hydrogen) atoms. The standard InChI is InChI=1S/C12H15ClN2O3S/c1-19(17,18)15(11-5-6-11)8-12(16)14-10-4-2-3-9(13)7-10/h2-4,7,11H,5-6,8H2,1H3,(H,14,16). The molecule has 0 radical (unpaired) electrons. The molecular weight excluding hydrogens is 288 g/mol. The van der Waals surface area contributed by atoms with Gasteiger partial charge in [-0.05, 0) is 31.0 Å². The minimum atomic E-state index is -3.35. The zero-order chi connectivity index (χ0) is 14.0. The van der Waals surface area contributed by atoms with Gasteiger partial charge in [-0.1, -0.05) is 17.7 Å². The summed E-state index contributed by atoms with van der Waals surface area (Å²) < 4.78 is 24.4. The van der Waals surface area contributed by atoms with E-state index in [-0.39, 0.29) is 18.5 Å². The summed E-state index contributed by atoms with van der Waals surface area (Å²) in [5.74, 6) is -0.361. The summed E-state index contributed by atoms with van der Waals surface area (Å²) in [7, 11) is -3.35. The van der Waals surface area contributed by atoms with Crippen molar-refractivity contribution in [2.75, 3.05) is 18.1 Å². The summed E-state index contributed by atoms with van der Waals surface area (Å²) >= 11 is 5.81. The maximum absolute atomic E-state index is 11.9. The van der Waals surface area contributed by atoms with E-state index < -0.39 is 10.0 Å². The maximum Gasteiger partial charge on any atom is 0.239 e. The van der Waals surface area contributed by atoms with Crippen molar-refractivity contribution in [2.24, 2.45) is 0 Å². The minimum absolute atomic E-state index is 0.0277. The highest BCUT2D eigenvalue weighted by molar-refractivity contribution is 7.88. The van der Waals surface area contributed by atoms with E-state index in [0.29, 0.717) is 10.7 Å². The second kappa shape index (κ2) is 5.48. The van der Waals surface area contributed by atoms with Gasteiger partial charge < -0.3 is 5.32 Å². The van der Waals surface area contributed by atoms with Crippen LogP contribution >= 0.6 is 11.6 Å². The van der Waals surface area contributed by atoms with E-state index in [0.717, 1.165) is 19.1 Å². The lowest BCUT2D eigenvalue weighted by Crippen LogP contribution is -2.38. The summed E-state index contributed by atoms with van der Waals surface area (Å²) in [4.78, 5) is 11.9. The zero-order valence-corrected chi connectivity index (χ0v) is 12.0. The predicted octanol–water partition coefficient (Wildman–Crippen LogP) is 1.70. The molecule has 0 bridgehead atoms. The van der Waals surface area contributed by atoms with Crippen molar-refractivity contribution in [2.45, 2.75) is 18.9 Å². The number of halogens is 1. The van der Waals surface area contributed by atoms with Crippen LogP contribution in [-0.4, -0.2) is 37.5 Å². The Kier molecular flexibility index (Phi) is 4.13. The second-order valence-electron chi connectivity index (χ2n) is 4.60. The van der Waals surface area contributed by atoms with Crippen LogP contribution in [-0.2, 0) is 14.8 Å². The van der Waals surface area contributed by atoms with Gasteiger partial charge in [0.15, 0.2) is 0 Å². The van der Waals surface area contributed by atoms with Gasteiger partial charge in [-0.15, -0.1) is 0 Å². The third-order valence-electron chi connectivity index (χ3n) is 2.79. The molecule has 1 aromatic rings. The Balaban J connectivity index is 2.00. The third kappa shape index (κ3) is 4.19. The largest absolute Gasteiger partial charge is 0.325 e. The third-order valence-corrected chi connectivity index (χ3v) is 4.30. The quantitative estimate of drug-likeness (QED) is 0.900. The predicted molar refractivity (Wildman–Crippen MR) is 74.7 cm³/mol. The van der Waals surface area contributed by atoms with Crippen molar-refractivity contribution in [1.29, 1.82) is 0 Å². The number of sulfonamides is 1. The Morgan fingerprint density at radius 3 is 2.68 bits per heavy atom. The zero-order valence-electron chi connectivity index (χ0n) is 10.5. The molecule has 1 fully saturated rings. The van der Waals surface area contributed by atoms with Crippen LogP contribution in [0.5, 0.6) is 0 Å². The fourth-order valence-electron chi connectivity index (χ4n) is 1.79. The molecule has 1 aliphatic carbocycles. The molecule has 0 saturated heterocycles. The summed E-state index contributed by atoms with van der Waals surface area (Å²) in [5.41, 5.74) is 0.557. The van der Waals surface area contributed by atoms with Crippen molar-refractivity contribution >= 4 is 33.2 Å². The molecule has 0 heterocycles. The lowest BCUT2D eigenvalue weighted by molar-refractivity contribution is -0.116. The van der Waals surface area contributed by atoms with Gasteiger partial charge in [0.05, 0.1) is 12.8 Å². The highest BCUT2D eigenvalue weighted by Crippen LogP contribution is 2.28. The number of carbonyl (C=O) groups is 1. The first-order chi connectivity index (χ1) is 8.86. The van der Waals surface area contributed by atoms with Gasteiger partial charge in [0, 0.05) is 16.8 Å². The van der Waals surface area contributed by atoms with E-state index >= 15 is 0 Å². The molecule has 104 valence electrons. The Hall–Kier alpha value is -1.11. The van der Waals surface area contributed by atoms with E-state index in [1.807, 2.05) is 0 Å². The van der Waals surface area contributed by atoms with E-state index in [1.165, 1.54) is 4.31 Å². The molecule has 1 N–H and O–H groups in total. The Morgan fingerprint density at radius 2 is 2.16 bits per heavy atom. The summed E-state index contributed by atoms with van der Waals surface area (Å²) in [6, 6.07) is 6.70. The van der Waals surface area contributed by atoms with Crippen LogP contribution in [0.25, 0.3) is 0 Å². The van der Waals surface area contributed by atoms with E-state index in [9.17, 15) is 13.2 Å². The Morgan fingerprint density at radius 1 is 1.47 bits per heavy atom. The van der Waals surface area contributed by atoms with Gasteiger partial charge in [-0.2, -0.15) is 4.31 Å². The van der Waals surface area contributed by atoms with Crippen LogP contribution in [0.4, 0.5) is 5.69 Å². The lowest BCUT2D eigenvalue weighted by atomic mass is 10.3. The summed E-state index contributed by atoms with van der Waals surface area (Å²) in [6.07, 6.45) is 2.76. The molecule has 1 amide bonds. The van der Waals surface area contributed by atoms with E-state index in [1.54, 1.807) is 24.3 Å². The topological polar surface area (TPSA) is 66.5 Å². The first kappa shape index (κ1) is 14.3. The van der Waals surface area contributed by atoms with Crippen molar-refractivity contribution in [3.05, 3.63) is 29.3 Å². The average molecular weight is 303 g/mol. The SMILES string of the molecule is CS(=O)(=O)N(CC(=O)Nc1cccc(Cl)c1)C1CC1. The van der Waals surface area contributed by atoms with Crippen LogP contribution < -0.4 is 5.32 Å². The van der Waals surface area contributed by atoms with Gasteiger partial charge in [0.1, 0.15) is 0 Å². The fourth-order valence-corrected chi connectivity index (χ4v) is 3.08. The molecule has 0 atom stereocenters. The van der Waals surface area contributed by atoms with Gasteiger partial charge in [-0.3, -0.25) is 4.79 Å². The number of rotatable bonds is 5. The number of hydrogen-bond acceptors (Lipinski definition) is 3. The van der Waals surface area contributed by atoms with Gasteiger partial charge in [0.25, 0.3) is 0 Å². The molecule has 0 aliphatic heterocycles. The smallest absolute Gasteiger partial charge is 0.239 e. The molecule has 0 spiro atoms. The molecule has 5 nitrogen and oxygen atoms in total. The second-order valence-corrected chi connectivity index (χ2v) is 6.97. The number of nitrogens with one attached hydrogen (secondary N) is 1. The van der Waals surface area contributed by atoms with Crippen LogP contribution in [0.2, 0.25) is 5.02 Å². The molecule has 0 aromatic heterocycles. The number of hydrogen-bond donors (Lipinski definition) is 1. The Bertz CT molecular complexity index is 584. The number of anilines is 1. The van der Waals surface area contributed by atoms with Crippen LogP contribution in [0.3, 0.4) is 0 Å². The normalized spacial score (nSPS) is 15.5. The number of carbonyl (C=O) groups excluding carboxylic acids is 1. The lowest BCUT2D eigenvalue weighted by Gasteiger charge is -2.18. The minimum Gasteiger partial charge on any atom is -0.325 e. The van der Waals surface area contributed by atoms with Crippen LogP contribution in [0.15, 0.2) is 24.3 Å². The molecule has 0 unspecified atom stereocenters. The fraction of sp³-hybridized carbons (Fsp3) is 0.417. The van der Waals surface area contributed by atoms with Gasteiger partial charge in [-0.25, -0.2) is 8.42 Å². The molecular formula is C12H15ClN2O3S. The maximum atomic E-state index is 11.9. The van der Waals surface area contributed by atoms with E-state index in [2.05, 4.69) is 5.32 Å². The number of benzene rings is 1. The molecule has 2 rings (SSSR count). The number of amides is 1. The molecule has 1 aliphatic rings. The first-order valence-corrected chi connectivity index (χ1v) is 8.11. The van der Waals surface area contributed by atoms with Crippen molar-refractivity contribution < 1.29 is 13.2 Å². The molecule has 1 aromatic carbocycles. The van der Waals surface area contributed by atoms with Crippen molar-refractivity contribution in [3.8, 4) is 0 Å². The Labute approximate surface area is 117 Å². The van der Waals surface area contributed by atoms with Crippen molar-refractivity contribution in [3.63, 3.8) is 0 Å². The van der Waals surface area contributed by atoms with E-state index in [4.69, 9.17) is 11.6 Å².